The quantitative estimate of drug-likeness (QED) is 0.373. The van der Waals surface area contributed by atoms with Crippen LogP contribution in [0.25, 0.3) is 0 Å². The number of nitrogens with zero attached hydrogens (tertiary/aromatic N) is 1. The summed E-state index contributed by atoms with van der Waals surface area (Å²) in [6.45, 7) is 4.35. The van der Waals surface area contributed by atoms with Crippen molar-refractivity contribution in [2.45, 2.75) is 31.2 Å². The number of urea groups is 1. The SMILES string of the molecule is CSc1cccc(NC(=O)Nc2cc(C(=O)NCc3ccc(C)cc3)ccc2N2CCCC2)c1. The number of carbonyl (C=O) groups excluding carboxylic acids is 2. The van der Waals surface area contributed by atoms with E-state index in [1.165, 1.54) is 5.56 Å². The molecule has 0 unspecified atom stereocenters. The molecule has 34 heavy (non-hydrogen) atoms. The van der Waals surface area contributed by atoms with Gasteiger partial charge in [0.2, 0.25) is 0 Å². The van der Waals surface area contributed by atoms with E-state index in [9.17, 15) is 9.59 Å². The van der Waals surface area contributed by atoms with Gasteiger partial charge in [0, 0.05) is 35.8 Å². The molecule has 0 bridgehead atoms. The van der Waals surface area contributed by atoms with Gasteiger partial charge in [0.25, 0.3) is 5.91 Å². The van der Waals surface area contributed by atoms with Crippen molar-refractivity contribution in [2.75, 3.05) is 34.9 Å². The van der Waals surface area contributed by atoms with E-state index in [1.54, 1.807) is 17.8 Å². The topological polar surface area (TPSA) is 73.5 Å². The molecule has 0 radical (unpaired) electrons. The fourth-order valence-electron chi connectivity index (χ4n) is 3.99. The Morgan fingerprint density at radius 1 is 0.941 bits per heavy atom. The molecule has 3 aromatic rings. The third kappa shape index (κ3) is 6.11. The van der Waals surface area contributed by atoms with Crippen molar-refractivity contribution in [1.29, 1.82) is 0 Å². The summed E-state index contributed by atoms with van der Waals surface area (Å²) in [7, 11) is 0. The number of amides is 3. The summed E-state index contributed by atoms with van der Waals surface area (Å²) in [5.74, 6) is -0.176. The zero-order chi connectivity index (χ0) is 23.9. The maximum atomic E-state index is 12.9. The Kier molecular flexibility index (Phi) is 7.75. The highest BCUT2D eigenvalue weighted by Crippen LogP contribution is 2.30. The van der Waals surface area contributed by atoms with Crippen molar-refractivity contribution in [3.8, 4) is 0 Å². The van der Waals surface area contributed by atoms with Crippen LogP contribution >= 0.6 is 11.8 Å². The smallest absolute Gasteiger partial charge is 0.323 e. The van der Waals surface area contributed by atoms with Gasteiger partial charge in [0.1, 0.15) is 0 Å². The number of carbonyl (C=O) groups is 2. The van der Waals surface area contributed by atoms with Gasteiger partial charge in [-0.05, 0) is 68.0 Å². The lowest BCUT2D eigenvalue weighted by Crippen LogP contribution is -2.26. The normalized spacial score (nSPS) is 12.9. The minimum atomic E-state index is -0.337. The molecule has 4 rings (SSSR count). The minimum absolute atomic E-state index is 0.176. The Hall–Kier alpha value is -3.45. The molecule has 0 atom stereocenters. The zero-order valence-electron chi connectivity index (χ0n) is 19.6. The van der Waals surface area contributed by atoms with Crippen LogP contribution < -0.4 is 20.9 Å². The number of nitrogens with one attached hydrogen (secondary N) is 3. The molecule has 0 aliphatic carbocycles. The lowest BCUT2D eigenvalue weighted by Gasteiger charge is -2.22. The monoisotopic (exact) mass is 474 g/mol. The molecule has 0 spiro atoms. The number of benzene rings is 3. The van der Waals surface area contributed by atoms with Crippen molar-refractivity contribution in [3.05, 3.63) is 83.4 Å². The van der Waals surface area contributed by atoms with E-state index in [1.807, 2.05) is 73.8 Å². The standard InChI is InChI=1S/C27H30N4O2S/c1-19-8-10-20(11-9-19)18-28-26(32)21-12-13-25(31-14-3-4-15-31)24(16-21)30-27(33)29-22-6-5-7-23(17-22)34-2/h5-13,16-17H,3-4,14-15,18H2,1-2H3,(H,28,32)(H2,29,30,33). The van der Waals surface area contributed by atoms with Crippen LogP contribution in [0.4, 0.5) is 21.9 Å². The van der Waals surface area contributed by atoms with E-state index in [4.69, 9.17) is 0 Å². The van der Waals surface area contributed by atoms with E-state index in [2.05, 4.69) is 20.9 Å². The second-order valence-electron chi connectivity index (χ2n) is 8.41. The van der Waals surface area contributed by atoms with Crippen molar-refractivity contribution in [1.82, 2.24) is 5.32 Å². The lowest BCUT2D eigenvalue weighted by atomic mass is 10.1. The van der Waals surface area contributed by atoms with Gasteiger partial charge in [0.05, 0.1) is 11.4 Å². The summed E-state index contributed by atoms with van der Waals surface area (Å²) >= 11 is 1.62. The maximum Gasteiger partial charge on any atom is 0.323 e. The van der Waals surface area contributed by atoms with E-state index < -0.39 is 0 Å². The fraction of sp³-hybridized carbons (Fsp3) is 0.259. The van der Waals surface area contributed by atoms with Crippen LogP contribution in [0.3, 0.4) is 0 Å². The number of rotatable bonds is 7. The highest BCUT2D eigenvalue weighted by Gasteiger charge is 2.19. The van der Waals surface area contributed by atoms with E-state index in [0.29, 0.717) is 17.8 Å². The Bertz CT molecular complexity index is 1160. The summed E-state index contributed by atoms with van der Waals surface area (Å²) in [6, 6.07) is 20.9. The Morgan fingerprint density at radius 2 is 1.71 bits per heavy atom. The Morgan fingerprint density at radius 3 is 2.44 bits per heavy atom. The molecule has 1 heterocycles. The van der Waals surface area contributed by atoms with Crippen LogP contribution in [0, 0.1) is 6.92 Å². The summed E-state index contributed by atoms with van der Waals surface area (Å²) in [6.07, 6.45) is 4.23. The number of hydrogen-bond donors (Lipinski definition) is 3. The van der Waals surface area contributed by atoms with Gasteiger partial charge in [0.15, 0.2) is 0 Å². The summed E-state index contributed by atoms with van der Waals surface area (Å²) in [5.41, 5.74) is 5.01. The first kappa shape index (κ1) is 23.7. The van der Waals surface area contributed by atoms with E-state index in [0.717, 1.165) is 47.8 Å². The largest absolute Gasteiger partial charge is 0.370 e. The lowest BCUT2D eigenvalue weighted by molar-refractivity contribution is 0.0951. The average molecular weight is 475 g/mol. The molecule has 1 saturated heterocycles. The van der Waals surface area contributed by atoms with Crippen LogP contribution in [0.15, 0.2) is 71.6 Å². The molecule has 7 heteroatoms. The van der Waals surface area contributed by atoms with E-state index in [-0.39, 0.29) is 11.9 Å². The second kappa shape index (κ2) is 11.1. The second-order valence-corrected chi connectivity index (χ2v) is 9.29. The van der Waals surface area contributed by atoms with Crippen LogP contribution in [-0.2, 0) is 6.54 Å². The highest BCUT2D eigenvalue weighted by atomic mass is 32.2. The van der Waals surface area contributed by atoms with Gasteiger partial charge in [-0.15, -0.1) is 11.8 Å². The predicted molar refractivity (Wildman–Crippen MR) is 141 cm³/mol. The van der Waals surface area contributed by atoms with Gasteiger partial charge < -0.3 is 20.9 Å². The van der Waals surface area contributed by atoms with Crippen molar-refractivity contribution >= 4 is 40.8 Å². The number of thioether (sulfide) groups is 1. The molecule has 1 fully saturated rings. The minimum Gasteiger partial charge on any atom is -0.370 e. The zero-order valence-corrected chi connectivity index (χ0v) is 20.4. The molecule has 6 nitrogen and oxygen atoms in total. The van der Waals surface area contributed by atoms with Crippen LogP contribution in [0.5, 0.6) is 0 Å². The summed E-state index contributed by atoms with van der Waals surface area (Å²) in [5, 5.41) is 8.84. The van der Waals surface area contributed by atoms with Crippen LogP contribution in [-0.4, -0.2) is 31.3 Å². The van der Waals surface area contributed by atoms with E-state index >= 15 is 0 Å². The molecule has 0 aromatic heterocycles. The van der Waals surface area contributed by atoms with Crippen molar-refractivity contribution in [2.24, 2.45) is 0 Å². The molecule has 176 valence electrons. The molecular weight excluding hydrogens is 444 g/mol. The average Bonchev–Trinajstić information content (AvgIpc) is 3.38. The van der Waals surface area contributed by atoms with Crippen LogP contribution in [0.2, 0.25) is 0 Å². The van der Waals surface area contributed by atoms with Crippen LogP contribution in [0.1, 0.15) is 34.3 Å². The van der Waals surface area contributed by atoms with Gasteiger partial charge >= 0.3 is 6.03 Å². The number of anilines is 3. The first-order valence-corrected chi connectivity index (χ1v) is 12.7. The van der Waals surface area contributed by atoms with Gasteiger partial charge in [-0.25, -0.2) is 4.79 Å². The predicted octanol–water partition coefficient (Wildman–Crippen LogP) is 5.89. The van der Waals surface area contributed by atoms with Crippen molar-refractivity contribution < 1.29 is 9.59 Å². The Balaban J connectivity index is 1.50. The fourth-order valence-corrected chi connectivity index (χ4v) is 4.45. The highest BCUT2D eigenvalue weighted by molar-refractivity contribution is 7.98. The molecule has 3 N–H and O–H groups in total. The van der Waals surface area contributed by atoms with Gasteiger partial charge in [-0.2, -0.15) is 0 Å². The summed E-state index contributed by atoms with van der Waals surface area (Å²) < 4.78 is 0. The third-order valence-corrected chi connectivity index (χ3v) is 6.58. The maximum absolute atomic E-state index is 12.9. The molecule has 1 aliphatic rings. The van der Waals surface area contributed by atoms with Gasteiger partial charge in [-0.1, -0.05) is 35.9 Å². The third-order valence-electron chi connectivity index (χ3n) is 5.85. The first-order valence-electron chi connectivity index (χ1n) is 11.5. The van der Waals surface area contributed by atoms with Crippen molar-refractivity contribution in [3.63, 3.8) is 0 Å². The molecule has 3 amide bonds. The first-order chi connectivity index (χ1) is 16.5. The number of hydrogen-bond acceptors (Lipinski definition) is 4. The molecular formula is C27H30N4O2S. The Labute approximate surface area is 205 Å². The van der Waals surface area contributed by atoms with Gasteiger partial charge in [-0.3, -0.25) is 4.79 Å². The molecule has 3 aromatic carbocycles. The summed E-state index contributed by atoms with van der Waals surface area (Å²) in [4.78, 5) is 29.0. The number of aryl methyl sites for hydroxylation is 1. The molecule has 0 saturated carbocycles. The molecule has 1 aliphatic heterocycles.